The number of piperidine rings is 1. The summed E-state index contributed by atoms with van der Waals surface area (Å²) < 4.78 is 0.887. The first kappa shape index (κ1) is 15.1. The van der Waals surface area contributed by atoms with Crippen molar-refractivity contribution in [1.29, 1.82) is 0 Å². The van der Waals surface area contributed by atoms with Gasteiger partial charge in [0, 0.05) is 22.7 Å². The Hall–Kier alpha value is -0.780. The van der Waals surface area contributed by atoms with Gasteiger partial charge in [0.2, 0.25) is 0 Å². The molecule has 2 N–H and O–H groups in total. The third kappa shape index (κ3) is 2.56. The molecule has 2 unspecified atom stereocenters. The van der Waals surface area contributed by atoms with E-state index >= 15 is 0 Å². The number of anilines is 1. The lowest BCUT2D eigenvalue weighted by Gasteiger charge is -2.47. The van der Waals surface area contributed by atoms with Crippen molar-refractivity contribution in [3.8, 4) is 0 Å². The zero-order chi connectivity index (χ0) is 15.2. The molecule has 2 aliphatic rings. The highest BCUT2D eigenvalue weighted by Gasteiger charge is 2.46. The lowest BCUT2D eigenvalue weighted by Crippen LogP contribution is -2.59. The van der Waals surface area contributed by atoms with Crippen LogP contribution in [0.4, 0.5) is 5.69 Å². The van der Waals surface area contributed by atoms with E-state index in [0.717, 1.165) is 36.1 Å². The molecule has 3 rings (SSSR count). The van der Waals surface area contributed by atoms with E-state index in [-0.39, 0.29) is 5.54 Å². The highest BCUT2D eigenvalue weighted by molar-refractivity contribution is 9.10. The van der Waals surface area contributed by atoms with Crippen molar-refractivity contribution >= 4 is 39.2 Å². The monoisotopic (exact) mass is 370 g/mol. The summed E-state index contributed by atoms with van der Waals surface area (Å²) in [4.78, 5) is 9.14. The normalized spacial score (nSPS) is 30.0. The largest absolute Gasteiger partial charge is 0.369 e. The third-order valence-corrected chi connectivity index (χ3v) is 5.97. The van der Waals surface area contributed by atoms with Gasteiger partial charge in [0.15, 0.2) is 5.96 Å². The number of nitrogens with two attached hydrogens (primary N) is 1. The van der Waals surface area contributed by atoms with E-state index in [1.165, 1.54) is 0 Å². The van der Waals surface area contributed by atoms with E-state index in [1.807, 2.05) is 18.2 Å². The molecule has 2 atom stereocenters. The van der Waals surface area contributed by atoms with Crippen molar-refractivity contribution in [1.82, 2.24) is 4.90 Å². The Morgan fingerprint density at radius 3 is 2.90 bits per heavy atom. The Balaban J connectivity index is 1.97. The number of halogens is 2. The fourth-order valence-corrected chi connectivity index (χ4v) is 3.89. The van der Waals surface area contributed by atoms with Crippen molar-refractivity contribution in [2.75, 3.05) is 25.0 Å². The highest BCUT2D eigenvalue weighted by atomic mass is 79.9. The van der Waals surface area contributed by atoms with Gasteiger partial charge in [-0.15, -0.1) is 0 Å². The minimum atomic E-state index is 0.00325. The summed E-state index contributed by atoms with van der Waals surface area (Å²) in [5.74, 6) is 0.612. The summed E-state index contributed by atoms with van der Waals surface area (Å²) in [5, 5.41) is 0.708. The number of aliphatic imine (C=N–C) groups is 1. The minimum Gasteiger partial charge on any atom is -0.369 e. The lowest BCUT2D eigenvalue weighted by atomic mass is 9.82. The van der Waals surface area contributed by atoms with Gasteiger partial charge in [-0.05, 0) is 60.9 Å². The molecule has 1 aromatic rings. The number of hydrogen-bond donors (Lipinski definition) is 1. The van der Waals surface area contributed by atoms with Gasteiger partial charge in [-0.3, -0.25) is 4.99 Å². The average Bonchev–Trinajstić information content (AvgIpc) is 2.75. The molecule has 1 spiro atoms. The number of benzene rings is 1. The Bertz CT molecular complexity index is 591. The second kappa shape index (κ2) is 5.45. The van der Waals surface area contributed by atoms with Crippen LogP contribution in [0.25, 0.3) is 0 Å². The van der Waals surface area contributed by atoms with Crippen LogP contribution < -0.4 is 10.6 Å². The molecule has 0 aliphatic carbocycles. The van der Waals surface area contributed by atoms with Gasteiger partial charge < -0.3 is 15.5 Å². The van der Waals surface area contributed by atoms with Crippen molar-refractivity contribution in [2.45, 2.75) is 31.3 Å². The first-order valence-corrected chi connectivity index (χ1v) is 8.35. The predicted octanol–water partition coefficient (Wildman–Crippen LogP) is 3.09. The maximum absolute atomic E-state index is 6.20. The molecular formula is C15H20BrClN4. The van der Waals surface area contributed by atoms with E-state index < -0.39 is 0 Å². The van der Waals surface area contributed by atoms with Gasteiger partial charge in [0.25, 0.3) is 0 Å². The predicted molar refractivity (Wildman–Crippen MR) is 92.2 cm³/mol. The zero-order valence-corrected chi connectivity index (χ0v) is 14.7. The molecule has 2 heterocycles. The van der Waals surface area contributed by atoms with Gasteiger partial charge in [-0.25, -0.2) is 0 Å². The quantitative estimate of drug-likeness (QED) is 0.825. The highest BCUT2D eigenvalue weighted by Crippen LogP contribution is 2.40. The van der Waals surface area contributed by atoms with Gasteiger partial charge in [-0.1, -0.05) is 11.6 Å². The molecule has 2 aliphatic heterocycles. The smallest absolute Gasteiger partial charge is 0.196 e. The van der Waals surface area contributed by atoms with Crippen molar-refractivity contribution in [3.05, 3.63) is 27.7 Å². The Kier molecular flexibility index (Phi) is 3.93. The van der Waals surface area contributed by atoms with E-state index in [9.17, 15) is 0 Å². The van der Waals surface area contributed by atoms with E-state index in [2.05, 4.69) is 44.7 Å². The summed E-state index contributed by atoms with van der Waals surface area (Å²) in [6.07, 6.45) is 2.13. The van der Waals surface area contributed by atoms with Crippen LogP contribution in [0.5, 0.6) is 0 Å². The molecule has 4 nitrogen and oxygen atoms in total. The summed E-state index contributed by atoms with van der Waals surface area (Å²) in [6, 6.07) is 6.48. The number of hydrogen-bond acceptors (Lipinski definition) is 4. The second-order valence-electron chi connectivity index (χ2n) is 6.12. The molecule has 21 heavy (non-hydrogen) atoms. The fraction of sp³-hybridized carbons (Fsp3) is 0.533. The number of guanidine groups is 1. The Morgan fingerprint density at radius 2 is 2.24 bits per heavy atom. The number of nitrogens with zero attached hydrogens (tertiary/aromatic N) is 3. The van der Waals surface area contributed by atoms with Crippen LogP contribution >= 0.6 is 27.5 Å². The molecule has 1 fully saturated rings. The molecule has 6 heteroatoms. The van der Waals surface area contributed by atoms with Crippen molar-refractivity contribution in [3.63, 3.8) is 0 Å². The summed E-state index contributed by atoms with van der Waals surface area (Å²) in [5.41, 5.74) is 7.26. The zero-order valence-electron chi connectivity index (χ0n) is 12.3. The molecule has 114 valence electrons. The summed E-state index contributed by atoms with van der Waals surface area (Å²) in [6.45, 7) is 4.11. The lowest BCUT2D eigenvalue weighted by molar-refractivity contribution is 0.141. The van der Waals surface area contributed by atoms with Crippen LogP contribution in [-0.2, 0) is 0 Å². The molecule has 0 bridgehead atoms. The van der Waals surface area contributed by atoms with Crippen LogP contribution in [0.2, 0.25) is 5.02 Å². The minimum absolute atomic E-state index is 0.00325. The first-order chi connectivity index (χ1) is 9.93. The number of likely N-dealkylation sites (tertiary alicyclic amines) is 1. The van der Waals surface area contributed by atoms with Crippen molar-refractivity contribution in [2.24, 2.45) is 10.7 Å². The summed E-state index contributed by atoms with van der Waals surface area (Å²) in [7, 11) is 2.18. The van der Waals surface area contributed by atoms with Gasteiger partial charge in [0.1, 0.15) is 0 Å². The van der Waals surface area contributed by atoms with Crippen LogP contribution in [0.3, 0.4) is 0 Å². The molecule has 0 radical (unpaired) electrons. The summed E-state index contributed by atoms with van der Waals surface area (Å²) >= 11 is 9.61. The Labute approximate surface area is 139 Å². The van der Waals surface area contributed by atoms with Crippen LogP contribution in [-0.4, -0.2) is 42.6 Å². The Morgan fingerprint density at radius 1 is 1.48 bits per heavy atom. The van der Waals surface area contributed by atoms with Gasteiger partial charge in [-0.2, -0.15) is 0 Å². The maximum atomic E-state index is 6.20. The molecule has 0 saturated carbocycles. The average molecular weight is 372 g/mol. The molecule has 1 saturated heterocycles. The standard InChI is InChI=1S/C15H20BrClN4/c1-10-8-15(5-6-20(10)2)9-19-14(18)21(15)11-3-4-13(17)12(16)7-11/h3-4,7,10H,5-6,8-9H2,1-2H3,(H2,18,19). The molecular weight excluding hydrogens is 352 g/mol. The van der Waals surface area contributed by atoms with Crippen molar-refractivity contribution < 1.29 is 0 Å². The van der Waals surface area contributed by atoms with Crippen LogP contribution in [0, 0.1) is 0 Å². The van der Waals surface area contributed by atoms with E-state index in [1.54, 1.807) is 0 Å². The maximum Gasteiger partial charge on any atom is 0.196 e. The second-order valence-corrected chi connectivity index (χ2v) is 7.38. The van der Waals surface area contributed by atoms with Crippen LogP contribution in [0.15, 0.2) is 27.7 Å². The fourth-order valence-electron chi connectivity index (χ4n) is 3.40. The van der Waals surface area contributed by atoms with E-state index in [0.29, 0.717) is 17.0 Å². The third-order valence-electron chi connectivity index (χ3n) is 4.76. The molecule has 0 amide bonds. The number of rotatable bonds is 1. The van der Waals surface area contributed by atoms with Crippen LogP contribution in [0.1, 0.15) is 19.8 Å². The topological polar surface area (TPSA) is 44.9 Å². The molecule has 0 aromatic heterocycles. The van der Waals surface area contributed by atoms with Gasteiger partial charge >= 0.3 is 0 Å². The SMILES string of the molecule is CC1CC2(CCN1C)CN=C(N)N2c1ccc(Cl)c(Br)c1. The molecule has 1 aromatic carbocycles. The first-order valence-electron chi connectivity index (χ1n) is 7.18. The van der Waals surface area contributed by atoms with Gasteiger partial charge in [0.05, 0.1) is 17.1 Å². The van der Waals surface area contributed by atoms with E-state index in [4.69, 9.17) is 17.3 Å².